The van der Waals surface area contributed by atoms with Gasteiger partial charge in [-0.05, 0) is 37.4 Å². The van der Waals surface area contributed by atoms with Crippen LogP contribution in [0.3, 0.4) is 0 Å². The van der Waals surface area contributed by atoms with Crippen molar-refractivity contribution < 1.29 is 4.74 Å². The second kappa shape index (κ2) is 7.33. The van der Waals surface area contributed by atoms with Crippen LogP contribution >= 0.6 is 11.6 Å². The number of benzene rings is 1. The van der Waals surface area contributed by atoms with Crippen LogP contribution in [0.4, 0.5) is 0 Å². The maximum atomic E-state index is 6.08. The van der Waals surface area contributed by atoms with Crippen LogP contribution in [0.2, 0.25) is 5.02 Å². The Labute approximate surface area is 127 Å². The first-order valence-electron chi connectivity index (χ1n) is 7.72. The Kier molecular flexibility index (Phi) is 5.74. The Hall–Kier alpha value is -0.730. The molecule has 0 spiro atoms. The number of rotatable bonds is 5. The standard InChI is InChI=1S/C17H26ClNO/c1-4-12-7-5-6-8-14(12)17(19-2)15-10-9-13(18)11-16(15)20-3/h9-12,14,17,19H,4-8H2,1-3H3. The van der Waals surface area contributed by atoms with Gasteiger partial charge in [0.05, 0.1) is 7.11 Å². The van der Waals surface area contributed by atoms with Gasteiger partial charge in [-0.1, -0.05) is 50.3 Å². The van der Waals surface area contributed by atoms with Gasteiger partial charge in [0.15, 0.2) is 0 Å². The van der Waals surface area contributed by atoms with Crippen molar-refractivity contribution in [2.75, 3.05) is 14.2 Å². The zero-order valence-electron chi connectivity index (χ0n) is 12.8. The second-order valence-electron chi connectivity index (χ2n) is 5.77. The van der Waals surface area contributed by atoms with Gasteiger partial charge in [0, 0.05) is 16.6 Å². The van der Waals surface area contributed by atoms with Crippen molar-refractivity contribution in [3.63, 3.8) is 0 Å². The molecule has 1 saturated carbocycles. The number of methoxy groups -OCH3 is 1. The van der Waals surface area contributed by atoms with Gasteiger partial charge in [0.2, 0.25) is 0 Å². The first-order valence-corrected chi connectivity index (χ1v) is 8.09. The molecule has 1 aromatic carbocycles. The molecule has 1 N–H and O–H groups in total. The summed E-state index contributed by atoms with van der Waals surface area (Å²) in [6.07, 6.45) is 6.64. The van der Waals surface area contributed by atoms with Crippen molar-refractivity contribution in [3.05, 3.63) is 28.8 Å². The Morgan fingerprint density at radius 2 is 2.10 bits per heavy atom. The van der Waals surface area contributed by atoms with E-state index in [4.69, 9.17) is 16.3 Å². The maximum absolute atomic E-state index is 6.08. The van der Waals surface area contributed by atoms with Crippen LogP contribution in [0, 0.1) is 11.8 Å². The molecule has 0 saturated heterocycles. The first-order chi connectivity index (χ1) is 9.71. The van der Waals surface area contributed by atoms with Crippen LogP contribution < -0.4 is 10.1 Å². The quantitative estimate of drug-likeness (QED) is 0.840. The van der Waals surface area contributed by atoms with Gasteiger partial charge in [-0.15, -0.1) is 0 Å². The Balaban J connectivity index is 2.31. The number of hydrogen-bond donors (Lipinski definition) is 1. The van der Waals surface area contributed by atoms with E-state index in [9.17, 15) is 0 Å². The molecule has 0 heterocycles. The van der Waals surface area contributed by atoms with E-state index < -0.39 is 0 Å². The highest BCUT2D eigenvalue weighted by molar-refractivity contribution is 6.30. The molecule has 2 nitrogen and oxygen atoms in total. The van der Waals surface area contributed by atoms with E-state index in [2.05, 4.69) is 25.4 Å². The van der Waals surface area contributed by atoms with Crippen molar-refractivity contribution in [2.24, 2.45) is 11.8 Å². The topological polar surface area (TPSA) is 21.3 Å². The zero-order valence-corrected chi connectivity index (χ0v) is 13.5. The van der Waals surface area contributed by atoms with Gasteiger partial charge in [0.25, 0.3) is 0 Å². The van der Waals surface area contributed by atoms with Crippen molar-refractivity contribution in [1.29, 1.82) is 0 Å². The van der Waals surface area contributed by atoms with Crippen LogP contribution in [0.25, 0.3) is 0 Å². The third kappa shape index (κ3) is 3.29. The predicted molar refractivity (Wildman–Crippen MR) is 85.5 cm³/mol. The van der Waals surface area contributed by atoms with Gasteiger partial charge in [-0.2, -0.15) is 0 Å². The van der Waals surface area contributed by atoms with Gasteiger partial charge in [-0.3, -0.25) is 0 Å². The fourth-order valence-electron chi connectivity index (χ4n) is 3.72. The number of nitrogens with one attached hydrogen (secondary N) is 1. The summed E-state index contributed by atoms with van der Waals surface area (Å²) >= 11 is 6.08. The number of ether oxygens (including phenoxy) is 1. The molecule has 2 rings (SSSR count). The summed E-state index contributed by atoms with van der Waals surface area (Å²) in [7, 11) is 3.78. The first kappa shape index (κ1) is 15.7. The Bertz CT molecular complexity index is 435. The molecule has 0 amide bonds. The molecule has 112 valence electrons. The van der Waals surface area contributed by atoms with Crippen LogP contribution in [-0.4, -0.2) is 14.2 Å². The third-order valence-electron chi connectivity index (χ3n) is 4.76. The van der Waals surface area contributed by atoms with Crippen LogP contribution in [0.1, 0.15) is 50.6 Å². The molecule has 3 heteroatoms. The molecule has 0 aromatic heterocycles. The lowest BCUT2D eigenvalue weighted by molar-refractivity contribution is 0.178. The van der Waals surface area contributed by atoms with E-state index in [0.29, 0.717) is 12.0 Å². The molecule has 0 radical (unpaired) electrons. The number of halogens is 1. The summed E-state index contributed by atoms with van der Waals surface area (Å²) in [5.41, 5.74) is 1.24. The predicted octanol–water partition coefficient (Wildman–Crippen LogP) is 4.83. The fourth-order valence-corrected chi connectivity index (χ4v) is 3.89. The van der Waals surface area contributed by atoms with Gasteiger partial charge < -0.3 is 10.1 Å². The van der Waals surface area contributed by atoms with Crippen LogP contribution in [-0.2, 0) is 0 Å². The summed E-state index contributed by atoms with van der Waals surface area (Å²) in [5.74, 6) is 2.40. The monoisotopic (exact) mass is 295 g/mol. The molecule has 20 heavy (non-hydrogen) atoms. The Morgan fingerprint density at radius 3 is 2.75 bits per heavy atom. The molecular formula is C17H26ClNO. The molecule has 1 aliphatic rings. The lowest BCUT2D eigenvalue weighted by Gasteiger charge is -2.37. The van der Waals surface area contributed by atoms with E-state index in [-0.39, 0.29) is 0 Å². The number of hydrogen-bond acceptors (Lipinski definition) is 2. The van der Waals surface area contributed by atoms with E-state index >= 15 is 0 Å². The second-order valence-corrected chi connectivity index (χ2v) is 6.21. The minimum Gasteiger partial charge on any atom is -0.496 e. The summed E-state index contributed by atoms with van der Waals surface area (Å²) in [6.45, 7) is 2.31. The molecule has 1 aliphatic carbocycles. The minimum atomic E-state index is 0.354. The molecule has 1 aromatic rings. The molecule has 3 atom stereocenters. The molecule has 3 unspecified atom stereocenters. The zero-order chi connectivity index (χ0) is 14.5. The fraction of sp³-hybridized carbons (Fsp3) is 0.647. The van der Waals surface area contributed by atoms with Gasteiger partial charge >= 0.3 is 0 Å². The summed E-state index contributed by atoms with van der Waals surface area (Å²) in [4.78, 5) is 0. The smallest absolute Gasteiger partial charge is 0.125 e. The molecule has 0 aliphatic heterocycles. The molecule has 0 bridgehead atoms. The normalized spacial score (nSPS) is 24.4. The van der Waals surface area contributed by atoms with E-state index in [0.717, 1.165) is 16.7 Å². The van der Waals surface area contributed by atoms with E-state index in [1.807, 2.05) is 12.1 Å². The van der Waals surface area contributed by atoms with Crippen molar-refractivity contribution in [3.8, 4) is 5.75 Å². The highest BCUT2D eigenvalue weighted by Crippen LogP contribution is 2.42. The average Bonchev–Trinajstić information content (AvgIpc) is 2.49. The van der Waals surface area contributed by atoms with Crippen molar-refractivity contribution in [2.45, 2.75) is 45.1 Å². The van der Waals surface area contributed by atoms with E-state index in [1.165, 1.54) is 37.7 Å². The summed E-state index contributed by atoms with van der Waals surface area (Å²) in [5, 5.41) is 4.26. The highest BCUT2D eigenvalue weighted by Gasteiger charge is 2.32. The highest BCUT2D eigenvalue weighted by atomic mass is 35.5. The largest absolute Gasteiger partial charge is 0.496 e. The van der Waals surface area contributed by atoms with Gasteiger partial charge in [0.1, 0.15) is 5.75 Å². The van der Waals surface area contributed by atoms with Crippen molar-refractivity contribution >= 4 is 11.6 Å². The average molecular weight is 296 g/mol. The summed E-state index contributed by atoms with van der Waals surface area (Å²) in [6, 6.07) is 6.36. The van der Waals surface area contributed by atoms with Gasteiger partial charge in [-0.25, -0.2) is 0 Å². The Morgan fingerprint density at radius 1 is 1.35 bits per heavy atom. The summed E-state index contributed by atoms with van der Waals surface area (Å²) < 4.78 is 5.54. The minimum absolute atomic E-state index is 0.354. The van der Waals surface area contributed by atoms with E-state index in [1.54, 1.807) is 7.11 Å². The lowest BCUT2D eigenvalue weighted by atomic mass is 9.72. The van der Waals surface area contributed by atoms with Crippen molar-refractivity contribution in [1.82, 2.24) is 5.32 Å². The molecule has 1 fully saturated rings. The SMILES string of the molecule is CCC1CCCCC1C(NC)c1ccc(Cl)cc1OC. The lowest BCUT2D eigenvalue weighted by Crippen LogP contribution is -2.32. The third-order valence-corrected chi connectivity index (χ3v) is 5.00. The van der Waals surface area contributed by atoms with Crippen LogP contribution in [0.15, 0.2) is 18.2 Å². The van der Waals surface area contributed by atoms with Crippen LogP contribution in [0.5, 0.6) is 5.75 Å². The molecular weight excluding hydrogens is 270 g/mol. The maximum Gasteiger partial charge on any atom is 0.125 e.